The van der Waals surface area contributed by atoms with Crippen molar-refractivity contribution < 1.29 is 43.0 Å². The summed E-state index contributed by atoms with van der Waals surface area (Å²) in [5.41, 5.74) is 3.68. The monoisotopic (exact) mass is 991 g/mol. The minimum atomic E-state index is -0.904. The molecule has 1 saturated carbocycles. The van der Waals surface area contributed by atoms with Gasteiger partial charge in [0, 0.05) is 61.2 Å². The Kier molecular flexibility index (Phi) is 17.9. The number of carbonyl (C=O) groups excluding carboxylic acids is 6. The van der Waals surface area contributed by atoms with Crippen LogP contribution in [0.15, 0.2) is 66.7 Å². The van der Waals surface area contributed by atoms with E-state index in [4.69, 9.17) is 14.2 Å². The Morgan fingerprint density at radius 2 is 1.38 bits per heavy atom. The molecule has 1 unspecified atom stereocenters. The number of carbonyl (C=O) groups is 6. The fourth-order valence-corrected chi connectivity index (χ4v) is 8.74. The summed E-state index contributed by atoms with van der Waals surface area (Å²) in [6.45, 7) is 19.9. The number of likely N-dealkylation sites (tertiary alicyclic amines) is 1. The van der Waals surface area contributed by atoms with E-state index in [0.717, 1.165) is 35.1 Å². The maximum atomic E-state index is 14.1. The largest absolute Gasteiger partial charge is 0.460 e. The Hall–Kier alpha value is -6.78. The Morgan fingerprint density at radius 3 is 1.99 bits per heavy atom. The van der Waals surface area contributed by atoms with Gasteiger partial charge >= 0.3 is 18.2 Å². The highest BCUT2D eigenvalue weighted by atomic mass is 16.6. The first-order valence-electron chi connectivity index (χ1n) is 25.2. The van der Waals surface area contributed by atoms with E-state index in [1.807, 2.05) is 112 Å². The number of nitrogens with one attached hydrogen (secondary N) is 5. The van der Waals surface area contributed by atoms with Crippen LogP contribution < -0.4 is 21.3 Å². The molecular formula is C55H74N8O9. The first-order chi connectivity index (χ1) is 33.9. The van der Waals surface area contributed by atoms with Crippen molar-refractivity contribution in [2.45, 2.75) is 156 Å². The van der Waals surface area contributed by atoms with Crippen molar-refractivity contribution in [3.63, 3.8) is 0 Å². The van der Waals surface area contributed by atoms with Gasteiger partial charge in [0.1, 0.15) is 28.7 Å². The van der Waals surface area contributed by atoms with Gasteiger partial charge < -0.3 is 40.4 Å². The number of alkyl carbamates (subject to hydrolysis) is 1. The maximum Gasteiger partial charge on any atom is 0.410 e. The summed E-state index contributed by atoms with van der Waals surface area (Å²) in [7, 11) is 0. The zero-order chi connectivity index (χ0) is 52.4. The number of aryl methyl sites for hydroxylation is 2. The second-order valence-corrected chi connectivity index (χ2v) is 22.1. The van der Waals surface area contributed by atoms with Gasteiger partial charge in [-0.25, -0.2) is 14.6 Å². The highest BCUT2D eigenvalue weighted by Crippen LogP contribution is 2.30. The number of aromatic amines is 1. The van der Waals surface area contributed by atoms with Crippen LogP contribution in [-0.4, -0.2) is 104 Å². The molecule has 1 atom stereocenters. The van der Waals surface area contributed by atoms with Gasteiger partial charge in [0.05, 0.1) is 6.42 Å². The van der Waals surface area contributed by atoms with Crippen molar-refractivity contribution in [1.82, 2.24) is 36.0 Å². The van der Waals surface area contributed by atoms with Gasteiger partial charge in [-0.05, 0) is 172 Å². The molecule has 1 aromatic heterocycles. The zero-order valence-electron chi connectivity index (χ0n) is 43.7. The highest BCUT2D eigenvalue weighted by molar-refractivity contribution is 5.98. The average Bonchev–Trinajstić information content (AvgIpc) is 3.78. The predicted molar refractivity (Wildman–Crippen MR) is 275 cm³/mol. The van der Waals surface area contributed by atoms with Crippen LogP contribution in [0.1, 0.15) is 135 Å². The van der Waals surface area contributed by atoms with Crippen molar-refractivity contribution in [2.75, 3.05) is 25.0 Å². The summed E-state index contributed by atoms with van der Waals surface area (Å²) in [6.07, 6.45) is 3.94. The average molecular weight is 991 g/mol. The minimum absolute atomic E-state index is 0.0564. The number of esters is 1. The van der Waals surface area contributed by atoms with Crippen LogP contribution >= 0.6 is 0 Å². The summed E-state index contributed by atoms with van der Waals surface area (Å²) in [5, 5.41) is 19.3. The summed E-state index contributed by atoms with van der Waals surface area (Å²) in [4.78, 5) is 84.6. The van der Waals surface area contributed by atoms with Gasteiger partial charge in [-0.3, -0.25) is 24.3 Å². The predicted octanol–water partition coefficient (Wildman–Crippen LogP) is 8.85. The molecule has 4 aromatic rings. The van der Waals surface area contributed by atoms with E-state index >= 15 is 0 Å². The molecule has 1 aliphatic heterocycles. The molecule has 0 spiro atoms. The summed E-state index contributed by atoms with van der Waals surface area (Å²) in [5.74, 6) is -0.156. The Labute approximate surface area is 423 Å². The molecule has 17 heteroatoms. The molecule has 0 bridgehead atoms. The number of H-pyrrole nitrogens is 1. The lowest BCUT2D eigenvalue weighted by atomic mass is 9.81. The van der Waals surface area contributed by atoms with E-state index in [0.29, 0.717) is 80.2 Å². The normalized spacial score (nSPS) is 17.0. The molecule has 72 heavy (non-hydrogen) atoms. The number of benzene rings is 3. The zero-order valence-corrected chi connectivity index (χ0v) is 43.7. The third-order valence-electron chi connectivity index (χ3n) is 12.4. The van der Waals surface area contributed by atoms with E-state index in [9.17, 15) is 28.8 Å². The molecule has 0 radical (unpaired) electrons. The van der Waals surface area contributed by atoms with Gasteiger partial charge in [-0.15, -0.1) is 0 Å². The van der Waals surface area contributed by atoms with Gasteiger partial charge in [0.15, 0.2) is 5.82 Å². The molecule has 1 saturated heterocycles. The van der Waals surface area contributed by atoms with Gasteiger partial charge in [0.2, 0.25) is 11.8 Å². The second-order valence-electron chi connectivity index (χ2n) is 22.1. The number of hydrogen-bond donors (Lipinski definition) is 5. The second kappa shape index (κ2) is 23.6. The fourth-order valence-electron chi connectivity index (χ4n) is 8.74. The van der Waals surface area contributed by atoms with Crippen LogP contribution in [0.25, 0.3) is 22.5 Å². The molecule has 2 fully saturated rings. The number of amides is 5. The molecule has 17 nitrogen and oxygen atoms in total. The SMILES string of the molecule is Cc1cc(C(=O)NC2CCN(C(=O)OC(C)(C)C)CC2)ccc1-c1ccc(CC(NC(=O)C2CCC(CNC(=O)OC(C)(C)C)CC2)C(=O)Nc2ccc(-c3n[nH]c(CCC(=O)OC(C)(C)C)n3)cc2)cc1. The summed E-state index contributed by atoms with van der Waals surface area (Å²) < 4.78 is 16.3. The molecular weight excluding hydrogens is 917 g/mol. The molecule has 2 heterocycles. The molecule has 5 amide bonds. The molecule has 1 aliphatic carbocycles. The number of rotatable bonds is 15. The van der Waals surface area contributed by atoms with E-state index in [-0.39, 0.29) is 60.5 Å². The van der Waals surface area contributed by atoms with Crippen molar-refractivity contribution >= 4 is 41.6 Å². The number of anilines is 1. The molecule has 2 aliphatic rings. The Bertz CT molecular complexity index is 2520. The maximum absolute atomic E-state index is 14.1. The lowest BCUT2D eigenvalue weighted by molar-refractivity contribution is -0.154. The Balaban J connectivity index is 1.08. The lowest BCUT2D eigenvalue weighted by Gasteiger charge is -2.33. The van der Waals surface area contributed by atoms with E-state index in [1.54, 1.807) is 29.2 Å². The van der Waals surface area contributed by atoms with Gasteiger partial charge in [0.25, 0.3) is 5.91 Å². The molecule has 388 valence electrons. The van der Waals surface area contributed by atoms with E-state index < -0.39 is 28.9 Å². The number of aromatic nitrogens is 3. The van der Waals surface area contributed by atoms with Crippen LogP contribution in [0.4, 0.5) is 15.3 Å². The molecule has 5 N–H and O–H groups in total. The lowest BCUT2D eigenvalue weighted by Crippen LogP contribution is -2.48. The number of hydrogen-bond acceptors (Lipinski definition) is 11. The van der Waals surface area contributed by atoms with E-state index in [2.05, 4.69) is 36.4 Å². The quantitative estimate of drug-likeness (QED) is 0.0559. The third kappa shape index (κ3) is 16.9. The van der Waals surface area contributed by atoms with Crippen molar-refractivity contribution in [1.29, 1.82) is 0 Å². The Morgan fingerprint density at radius 1 is 0.750 bits per heavy atom. The fraction of sp³-hybridized carbons (Fsp3) is 0.527. The standard InChI is InChI=1S/C55H74N8O9/c1-34-31-40(49(66)57-42-27-29-63(30-28-42)52(69)72-55(8,9)10)21-24-43(34)37-15-11-35(12-16-37)32-44(59-48(65)39-17-13-36(14-18-39)33-56-51(68)71-54(5,6)7)50(67)58-41-22-19-38(20-23-41)47-60-45(61-62-47)25-26-46(64)70-53(2,3)4/h11-12,15-16,19-24,31,36,39,42,44H,13-14,17-18,25-30,32-33H2,1-10H3,(H,56,68)(H,57,66)(H,58,67)(H,59,65)(H,60,61,62). The number of piperidine rings is 1. The number of nitrogens with zero attached hydrogens (tertiary/aromatic N) is 3. The van der Waals surface area contributed by atoms with Crippen LogP contribution in [0.3, 0.4) is 0 Å². The van der Waals surface area contributed by atoms with Crippen molar-refractivity contribution in [3.05, 3.63) is 89.2 Å². The number of ether oxygens (including phenoxy) is 3. The first-order valence-corrected chi connectivity index (χ1v) is 25.2. The van der Waals surface area contributed by atoms with Crippen LogP contribution in [-0.2, 0) is 41.4 Å². The highest BCUT2D eigenvalue weighted by Gasteiger charge is 2.31. The van der Waals surface area contributed by atoms with Crippen LogP contribution in [0.2, 0.25) is 0 Å². The van der Waals surface area contributed by atoms with Crippen LogP contribution in [0, 0.1) is 18.8 Å². The topological polar surface area (TPSA) is 223 Å². The van der Waals surface area contributed by atoms with Crippen molar-refractivity contribution in [3.8, 4) is 22.5 Å². The summed E-state index contributed by atoms with van der Waals surface area (Å²) >= 11 is 0. The molecule has 6 rings (SSSR count). The molecule has 3 aromatic carbocycles. The third-order valence-corrected chi connectivity index (χ3v) is 12.4. The van der Waals surface area contributed by atoms with E-state index in [1.165, 1.54) is 0 Å². The van der Waals surface area contributed by atoms with Crippen LogP contribution in [0.5, 0.6) is 0 Å². The van der Waals surface area contributed by atoms with Crippen molar-refractivity contribution in [2.24, 2.45) is 11.8 Å². The first kappa shape index (κ1) is 54.6. The summed E-state index contributed by atoms with van der Waals surface area (Å²) in [6, 6.07) is 19.6. The van der Waals surface area contributed by atoms with Gasteiger partial charge in [-0.2, -0.15) is 5.10 Å². The van der Waals surface area contributed by atoms with Gasteiger partial charge in [-0.1, -0.05) is 30.3 Å². The minimum Gasteiger partial charge on any atom is -0.460 e. The smallest absolute Gasteiger partial charge is 0.410 e.